The number of allylic oxidation sites excluding steroid dienone is 2. The Morgan fingerprint density at radius 3 is 1.58 bits per heavy atom. The van der Waals surface area contributed by atoms with Crippen molar-refractivity contribution < 1.29 is 0 Å². The molecule has 0 radical (unpaired) electrons. The third-order valence-corrected chi connectivity index (χ3v) is 1.82. The first-order chi connectivity index (χ1) is 5.71. The minimum absolute atomic E-state index is 0.592. The Balaban J connectivity index is 0. The molecule has 0 heterocycles. The fraction of sp³-hybridized carbons (Fsp3) is 0.833. The van der Waals surface area contributed by atoms with Gasteiger partial charge in [-0.25, -0.2) is 0 Å². The lowest BCUT2D eigenvalue weighted by atomic mass is 9.81. The molecule has 0 bridgehead atoms. The largest absolute Gasteiger partial charge is 0.0885 e. The lowest BCUT2D eigenvalue weighted by Crippen LogP contribution is -2.11. The van der Waals surface area contributed by atoms with E-state index in [1.54, 1.807) is 0 Å². The van der Waals surface area contributed by atoms with Crippen molar-refractivity contribution in [2.24, 2.45) is 5.41 Å². The molecule has 1 aliphatic carbocycles. The summed E-state index contributed by atoms with van der Waals surface area (Å²) in [6, 6.07) is 0. The van der Waals surface area contributed by atoms with Crippen molar-refractivity contribution in [2.45, 2.75) is 60.8 Å². The van der Waals surface area contributed by atoms with Gasteiger partial charge in [0.05, 0.1) is 0 Å². The first-order valence-corrected chi connectivity index (χ1v) is 5.36. The summed E-state index contributed by atoms with van der Waals surface area (Å²) in [5.74, 6) is 0. The zero-order valence-corrected chi connectivity index (χ0v) is 9.78. The second-order valence-corrected chi connectivity index (χ2v) is 3.38. The van der Waals surface area contributed by atoms with Gasteiger partial charge in [-0.15, -0.1) is 0 Å². The number of hydrogen-bond donors (Lipinski definition) is 0. The summed E-state index contributed by atoms with van der Waals surface area (Å²) in [5, 5.41) is 0. The maximum absolute atomic E-state index is 2.33. The molecule has 0 amide bonds. The molecule has 74 valence electrons. The first-order valence-electron chi connectivity index (χ1n) is 5.36. The molecule has 0 N–H and O–H groups in total. The van der Waals surface area contributed by atoms with E-state index in [1.807, 2.05) is 27.7 Å². The molecular formula is C12H26. The van der Waals surface area contributed by atoms with Crippen LogP contribution in [0.15, 0.2) is 12.2 Å². The van der Waals surface area contributed by atoms with E-state index in [0.29, 0.717) is 5.41 Å². The Bertz CT molecular complexity index is 98.6. The maximum Gasteiger partial charge on any atom is -0.0299 e. The molecule has 0 fully saturated rings. The predicted octanol–water partition coefficient (Wildman–Crippen LogP) is 4.81. The molecule has 0 unspecified atom stereocenters. The number of rotatable bonds is 0. The van der Waals surface area contributed by atoms with E-state index in [2.05, 4.69) is 26.0 Å². The monoisotopic (exact) mass is 170 g/mol. The van der Waals surface area contributed by atoms with Crippen LogP contribution in [-0.4, -0.2) is 0 Å². The van der Waals surface area contributed by atoms with Gasteiger partial charge in [0, 0.05) is 0 Å². The summed E-state index contributed by atoms with van der Waals surface area (Å²) < 4.78 is 0. The zero-order valence-electron chi connectivity index (χ0n) is 9.78. The fourth-order valence-corrected chi connectivity index (χ4v) is 1.10. The number of hydrogen-bond acceptors (Lipinski definition) is 0. The summed E-state index contributed by atoms with van der Waals surface area (Å²) in [6.07, 6.45) is 8.50. The van der Waals surface area contributed by atoms with Crippen LogP contribution in [0.1, 0.15) is 60.8 Å². The molecule has 0 saturated heterocycles. The van der Waals surface area contributed by atoms with Crippen LogP contribution >= 0.6 is 0 Å². The van der Waals surface area contributed by atoms with Crippen LogP contribution in [0.3, 0.4) is 0 Å². The van der Waals surface area contributed by atoms with E-state index in [9.17, 15) is 0 Å². The lowest BCUT2D eigenvalue weighted by molar-refractivity contribution is 0.331. The van der Waals surface area contributed by atoms with E-state index >= 15 is 0 Å². The summed E-state index contributed by atoms with van der Waals surface area (Å²) in [5.41, 5.74) is 0.592. The van der Waals surface area contributed by atoms with Gasteiger partial charge in [-0.2, -0.15) is 0 Å². The topological polar surface area (TPSA) is 0 Å². The molecule has 1 rings (SSSR count). The summed E-state index contributed by atoms with van der Waals surface area (Å²) >= 11 is 0. The van der Waals surface area contributed by atoms with Crippen molar-refractivity contribution in [3.8, 4) is 0 Å². The van der Waals surface area contributed by atoms with Crippen molar-refractivity contribution in [1.29, 1.82) is 0 Å². The van der Waals surface area contributed by atoms with Crippen LogP contribution in [0.25, 0.3) is 0 Å². The minimum Gasteiger partial charge on any atom is -0.0885 e. The molecule has 0 spiro atoms. The van der Waals surface area contributed by atoms with E-state index < -0.39 is 0 Å². The van der Waals surface area contributed by atoms with Gasteiger partial charge in [-0.1, -0.05) is 53.7 Å². The highest BCUT2D eigenvalue weighted by Crippen LogP contribution is 2.30. The van der Waals surface area contributed by atoms with Crippen LogP contribution in [0, 0.1) is 5.41 Å². The Kier molecular flexibility index (Phi) is 10.5. The molecule has 0 nitrogen and oxygen atoms in total. The molecular weight excluding hydrogens is 144 g/mol. The highest BCUT2D eigenvalue weighted by atomic mass is 14.2. The SMILES string of the molecule is CC.CC.CC1(C)CC=CCC1. The summed E-state index contributed by atoms with van der Waals surface area (Å²) in [6.45, 7) is 12.7. The van der Waals surface area contributed by atoms with E-state index in [-0.39, 0.29) is 0 Å². The highest BCUT2D eigenvalue weighted by Gasteiger charge is 2.16. The quantitative estimate of drug-likeness (QED) is 0.458. The lowest BCUT2D eigenvalue weighted by Gasteiger charge is -2.24. The normalized spacial score (nSPS) is 18.2. The van der Waals surface area contributed by atoms with Gasteiger partial charge < -0.3 is 0 Å². The molecule has 0 aromatic heterocycles. The summed E-state index contributed by atoms with van der Waals surface area (Å²) in [4.78, 5) is 0. The average Bonchev–Trinajstić information content (AvgIpc) is 2.11. The minimum atomic E-state index is 0.592. The second kappa shape index (κ2) is 8.83. The average molecular weight is 170 g/mol. The molecule has 0 saturated carbocycles. The molecule has 1 aliphatic rings. The van der Waals surface area contributed by atoms with Crippen molar-refractivity contribution in [2.75, 3.05) is 0 Å². The van der Waals surface area contributed by atoms with Crippen LogP contribution in [0.2, 0.25) is 0 Å². The highest BCUT2D eigenvalue weighted by molar-refractivity contribution is 4.93. The molecule has 12 heavy (non-hydrogen) atoms. The maximum atomic E-state index is 2.33. The van der Waals surface area contributed by atoms with Crippen LogP contribution in [0.4, 0.5) is 0 Å². The van der Waals surface area contributed by atoms with Crippen LogP contribution < -0.4 is 0 Å². The smallest absolute Gasteiger partial charge is 0.0299 e. The van der Waals surface area contributed by atoms with Crippen molar-refractivity contribution in [3.05, 3.63) is 12.2 Å². The van der Waals surface area contributed by atoms with Crippen LogP contribution in [-0.2, 0) is 0 Å². The van der Waals surface area contributed by atoms with Crippen LogP contribution in [0.5, 0.6) is 0 Å². The molecule has 0 aromatic rings. The fourth-order valence-electron chi connectivity index (χ4n) is 1.10. The molecule has 0 heteroatoms. The molecule has 0 aliphatic heterocycles. The predicted molar refractivity (Wildman–Crippen MR) is 59.5 cm³/mol. The molecule has 0 aromatic carbocycles. The summed E-state index contributed by atoms with van der Waals surface area (Å²) in [7, 11) is 0. The van der Waals surface area contributed by atoms with Gasteiger partial charge in [-0.3, -0.25) is 0 Å². The van der Waals surface area contributed by atoms with E-state index in [0.717, 1.165) is 0 Å². The Morgan fingerprint density at radius 2 is 1.42 bits per heavy atom. The van der Waals surface area contributed by atoms with E-state index in [4.69, 9.17) is 0 Å². The Hall–Kier alpha value is -0.260. The van der Waals surface area contributed by atoms with E-state index in [1.165, 1.54) is 19.3 Å². The second-order valence-electron chi connectivity index (χ2n) is 3.38. The van der Waals surface area contributed by atoms with Gasteiger partial charge >= 0.3 is 0 Å². The van der Waals surface area contributed by atoms with Gasteiger partial charge in [-0.05, 0) is 24.7 Å². The van der Waals surface area contributed by atoms with Crippen molar-refractivity contribution in [1.82, 2.24) is 0 Å². The van der Waals surface area contributed by atoms with Gasteiger partial charge in [0.15, 0.2) is 0 Å². The third-order valence-electron chi connectivity index (χ3n) is 1.82. The standard InChI is InChI=1S/C8H14.2C2H6/c1-8(2)6-4-3-5-7-8;2*1-2/h3-4H,5-7H2,1-2H3;2*1-2H3. The van der Waals surface area contributed by atoms with Gasteiger partial charge in [0.1, 0.15) is 0 Å². The van der Waals surface area contributed by atoms with Gasteiger partial charge in [0.2, 0.25) is 0 Å². The van der Waals surface area contributed by atoms with Crippen molar-refractivity contribution >= 4 is 0 Å². The Morgan fingerprint density at radius 1 is 0.917 bits per heavy atom. The van der Waals surface area contributed by atoms with Crippen molar-refractivity contribution in [3.63, 3.8) is 0 Å². The van der Waals surface area contributed by atoms with Gasteiger partial charge in [0.25, 0.3) is 0 Å². The third kappa shape index (κ3) is 7.84. The molecule has 0 atom stereocenters. The first kappa shape index (κ1) is 14.3. The Labute approximate surface area is 79.1 Å². The zero-order chi connectivity index (χ0) is 10.0.